The molecule has 0 bridgehead atoms. The van der Waals surface area contributed by atoms with Crippen LogP contribution in [0.2, 0.25) is 0 Å². The van der Waals surface area contributed by atoms with Gasteiger partial charge in [0.25, 0.3) is 5.91 Å². The maximum absolute atomic E-state index is 12.7. The molecule has 1 amide bonds. The molecule has 0 unspecified atom stereocenters. The molecule has 3 atom stereocenters. The molecule has 1 aliphatic rings. The lowest BCUT2D eigenvalue weighted by atomic mass is 10.1. The Morgan fingerprint density at radius 2 is 1.71 bits per heavy atom. The number of benzene rings is 2. The van der Waals surface area contributed by atoms with Gasteiger partial charge in [0.1, 0.15) is 0 Å². The Morgan fingerprint density at radius 3 is 2.29 bits per heavy atom. The minimum absolute atomic E-state index is 0.0802. The number of amides is 1. The third-order valence-electron chi connectivity index (χ3n) is 4.31. The number of rotatable bonds is 5. The molecule has 1 aliphatic carbocycles. The van der Waals surface area contributed by atoms with Crippen molar-refractivity contribution in [3.05, 3.63) is 65.7 Å². The maximum Gasteiger partial charge on any atom is 0.310 e. The molecule has 1 saturated carbocycles. The van der Waals surface area contributed by atoms with Crippen molar-refractivity contribution in [1.82, 2.24) is 0 Å². The molecule has 2 aromatic carbocycles. The van der Waals surface area contributed by atoms with Crippen LogP contribution in [0.15, 0.2) is 54.6 Å². The molecule has 1 fully saturated rings. The third kappa shape index (κ3) is 3.82. The van der Waals surface area contributed by atoms with Crippen molar-refractivity contribution in [3.63, 3.8) is 0 Å². The van der Waals surface area contributed by atoms with Crippen molar-refractivity contribution in [1.29, 1.82) is 0 Å². The second-order valence-corrected chi connectivity index (χ2v) is 6.40. The summed E-state index contributed by atoms with van der Waals surface area (Å²) >= 11 is 0. The largest absolute Gasteiger partial charge is 0.447 e. The van der Waals surface area contributed by atoms with Gasteiger partial charge in [-0.05, 0) is 31.4 Å². The first kappa shape index (κ1) is 16.2. The van der Waals surface area contributed by atoms with Gasteiger partial charge in [0, 0.05) is 11.3 Å². The van der Waals surface area contributed by atoms with Crippen molar-refractivity contribution in [2.24, 2.45) is 11.8 Å². The molecular formula is C20H21NO3. The fraction of sp³-hybridized carbons (Fsp3) is 0.300. The van der Waals surface area contributed by atoms with Crippen LogP contribution >= 0.6 is 0 Å². The Morgan fingerprint density at radius 1 is 1.08 bits per heavy atom. The van der Waals surface area contributed by atoms with E-state index in [1.54, 1.807) is 12.1 Å². The lowest BCUT2D eigenvalue weighted by Gasteiger charge is -2.18. The van der Waals surface area contributed by atoms with Gasteiger partial charge in [-0.1, -0.05) is 55.0 Å². The number of ether oxygens (including phenoxy) is 1. The lowest BCUT2D eigenvalue weighted by molar-refractivity contribution is -0.156. The molecule has 2 aromatic rings. The Bertz CT molecular complexity index is 724. The lowest BCUT2D eigenvalue weighted by Crippen LogP contribution is -2.26. The molecule has 0 heterocycles. The summed E-state index contributed by atoms with van der Waals surface area (Å²) in [5.74, 6) is -0.375. The molecule has 0 aliphatic heterocycles. The second kappa shape index (κ2) is 6.87. The summed E-state index contributed by atoms with van der Waals surface area (Å²) < 4.78 is 5.54. The van der Waals surface area contributed by atoms with Crippen LogP contribution in [0.3, 0.4) is 0 Å². The maximum atomic E-state index is 12.7. The summed E-state index contributed by atoms with van der Waals surface area (Å²) in [6, 6.07) is 16.6. The fourth-order valence-corrected chi connectivity index (χ4v) is 2.60. The minimum Gasteiger partial charge on any atom is -0.447 e. The number of hydrogen-bond donors (Lipinski definition) is 1. The number of anilines is 1. The number of hydrogen-bond acceptors (Lipinski definition) is 3. The molecule has 0 aromatic heterocycles. The highest BCUT2D eigenvalue weighted by Crippen LogP contribution is 2.39. The van der Waals surface area contributed by atoms with E-state index in [4.69, 9.17) is 4.74 Å². The zero-order valence-corrected chi connectivity index (χ0v) is 13.9. The number of carbonyl (C=O) groups excluding carboxylic acids is 2. The van der Waals surface area contributed by atoms with Crippen molar-refractivity contribution in [2.75, 3.05) is 5.32 Å². The van der Waals surface area contributed by atoms with E-state index < -0.39 is 6.10 Å². The van der Waals surface area contributed by atoms with Crippen LogP contribution in [0.4, 0.5) is 5.69 Å². The van der Waals surface area contributed by atoms with E-state index in [1.807, 2.05) is 56.3 Å². The fourth-order valence-electron chi connectivity index (χ4n) is 2.60. The van der Waals surface area contributed by atoms with Crippen LogP contribution in [0.25, 0.3) is 0 Å². The third-order valence-corrected chi connectivity index (χ3v) is 4.31. The highest BCUT2D eigenvalue weighted by molar-refractivity contribution is 5.96. The predicted molar refractivity (Wildman–Crippen MR) is 92.4 cm³/mol. The van der Waals surface area contributed by atoms with Crippen molar-refractivity contribution in [3.8, 4) is 0 Å². The first-order chi connectivity index (χ1) is 11.5. The Labute approximate surface area is 141 Å². The van der Waals surface area contributed by atoms with Gasteiger partial charge in [-0.2, -0.15) is 0 Å². The Kier molecular flexibility index (Phi) is 4.65. The topological polar surface area (TPSA) is 55.4 Å². The highest BCUT2D eigenvalue weighted by Gasteiger charge is 2.42. The number of aryl methyl sites for hydroxylation is 1. The summed E-state index contributed by atoms with van der Waals surface area (Å²) in [6.07, 6.45) is -0.104. The monoisotopic (exact) mass is 323 g/mol. The van der Waals surface area contributed by atoms with E-state index in [0.717, 1.165) is 12.0 Å². The van der Waals surface area contributed by atoms with Gasteiger partial charge in [-0.25, -0.2) is 0 Å². The van der Waals surface area contributed by atoms with Gasteiger partial charge in [0.05, 0.1) is 5.92 Å². The van der Waals surface area contributed by atoms with Crippen molar-refractivity contribution in [2.45, 2.75) is 26.4 Å². The van der Waals surface area contributed by atoms with E-state index in [-0.39, 0.29) is 17.8 Å². The summed E-state index contributed by atoms with van der Waals surface area (Å²) in [5.41, 5.74) is 2.47. The van der Waals surface area contributed by atoms with E-state index in [0.29, 0.717) is 17.2 Å². The Hall–Kier alpha value is -2.62. The zero-order chi connectivity index (χ0) is 17.1. The highest BCUT2D eigenvalue weighted by atomic mass is 16.5. The molecule has 3 rings (SSSR count). The van der Waals surface area contributed by atoms with Gasteiger partial charge < -0.3 is 10.1 Å². The van der Waals surface area contributed by atoms with E-state index >= 15 is 0 Å². The molecule has 4 nitrogen and oxygen atoms in total. The van der Waals surface area contributed by atoms with Gasteiger partial charge in [-0.3, -0.25) is 9.59 Å². The summed E-state index contributed by atoms with van der Waals surface area (Å²) in [6.45, 7) is 3.99. The molecule has 0 spiro atoms. The molecule has 0 saturated heterocycles. The average Bonchev–Trinajstić information content (AvgIpc) is 3.32. The van der Waals surface area contributed by atoms with E-state index in [2.05, 4.69) is 5.32 Å². The average molecular weight is 323 g/mol. The molecule has 4 heteroatoms. The normalized spacial score (nSPS) is 20.1. The molecular weight excluding hydrogens is 302 g/mol. The quantitative estimate of drug-likeness (QED) is 0.850. The Balaban J connectivity index is 1.76. The first-order valence-corrected chi connectivity index (χ1v) is 8.17. The van der Waals surface area contributed by atoms with Crippen LogP contribution in [-0.4, -0.2) is 11.9 Å². The summed E-state index contributed by atoms with van der Waals surface area (Å²) in [5, 5.41) is 2.83. The smallest absolute Gasteiger partial charge is 0.310 e. The molecule has 0 radical (unpaired) electrons. The zero-order valence-electron chi connectivity index (χ0n) is 13.9. The van der Waals surface area contributed by atoms with Crippen LogP contribution in [-0.2, 0) is 14.3 Å². The SMILES string of the molecule is Cc1ccc(NC(=O)[C@@H](OC(=O)[C@@H]2C[C@@H]2C)c2ccccc2)cc1. The summed E-state index contributed by atoms with van der Waals surface area (Å²) in [4.78, 5) is 24.9. The number of esters is 1. The molecule has 24 heavy (non-hydrogen) atoms. The van der Waals surface area contributed by atoms with Gasteiger partial charge in [0.2, 0.25) is 6.10 Å². The number of nitrogens with one attached hydrogen (secondary N) is 1. The van der Waals surface area contributed by atoms with Crippen LogP contribution in [0.1, 0.15) is 30.6 Å². The standard InChI is InChI=1S/C20H21NO3/c1-13-8-10-16(11-9-13)21-19(22)18(15-6-4-3-5-7-15)24-20(23)17-12-14(17)2/h3-11,14,17-18H,12H2,1-2H3,(H,21,22)/t14-,17+,18-/m0/s1. The van der Waals surface area contributed by atoms with Gasteiger partial charge >= 0.3 is 5.97 Å². The second-order valence-electron chi connectivity index (χ2n) is 6.40. The number of carbonyl (C=O) groups is 2. The van der Waals surface area contributed by atoms with Crippen LogP contribution in [0.5, 0.6) is 0 Å². The van der Waals surface area contributed by atoms with Gasteiger partial charge in [0.15, 0.2) is 0 Å². The van der Waals surface area contributed by atoms with Crippen LogP contribution < -0.4 is 5.32 Å². The summed E-state index contributed by atoms with van der Waals surface area (Å²) in [7, 11) is 0. The molecule has 124 valence electrons. The van der Waals surface area contributed by atoms with Crippen molar-refractivity contribution < 1.29 is 14.3 Å². The first-order valence-electron chi connectivity index (χ1n) is 8.17. The van der Waals surface area contributed by atoms with E-state index in [9.17, 15) is 9.59 Å². The van der Waals surface area contributed by atoms with Crippen LogP contribution in [0, 0.1) is 18.8 Å². The molecule has 1 N–H and O–H groups in total. The van der Waals surface area contributed by atoms with Gasteiger partial charge in [-0.15, -0.1) is 0 Å². The minimum atomic E-state index is -0.937. The predicted octanol–water partition coefficient (Wildman–Crippen LogP) is 3.87. The van der Waals surface area contributed by atoms with Crippen molar-refractivity contribution >= 4 is 17.6 Å². The van der Waals surface area contributed by atoms with E-state index in [1.165, 1.54) is 0 Å².